The molecule has 1 unspecified atom stereocenters. The number of ether oxygens (including phenoxy) is 1. The number of hydrogen-bond acceptors (Lipinski definition) is 5. The molecule has 1 aromatic carbocycles. The van der Waals surface area contributed by atoms with Crippen molar-refractivity contribution in [1.82, 2.24) is 5.32 Å². The minimum absolute atomic E-state index is 0.0419. The van der Waals surface area contributed by atoms with Gasteiger partial charge in [0.25, 0.3) is 11.8 Å². The Morgan fingerprint density at radius 3 is 2.67 bits per heavy atom. The van der Waals surface area contributed by atoms with Gasteiger partial charge in [-0.3, -0.25) is 14.4 Å². The van der Waals surface area contributed by atoms with Gasteiger partial charge in [-0.05, 0) is 65.7 Å². The average molecular weight is 492 g/mol. The molecule has 1 N–H and O–H groups in total. The highest BCUT2D eigenvalue weighted by molar-refractivity contribution is 9.11. The predicted molar refractivity (Wildman–Crippen MR) is 119 cm³/mol. The van der Waals surface area contributed by atoms with Crippen LogP contribution in [0.5, 0.6) is 0 Å². The zero-order chi connectivity index (χ0) is 21.5. The minimum atomic E-state index is -0.655. The maximum atomic E-state index is 12.8. The van der Waals surface area contributed by atoms with E-state index in [4.69, 9.17) is 4.74 Å². The summed E-state index contributed by atoms with van der Waals surface area (Å²) in [6, 6.07) is 9.24. The van der Waals surface area contributed by atoms with Crippen molar-refractivity contribution in [3.05, 3.63) is 44.6 Å². The van der Waals surface area contributed by atoms with Crippen LogP contribution < -0.4 is 15.1 Å². The van der Waals surface area contributed by atoms with Crippen LogP contribution in [0.4, 0.5) is 11.4 Å². The van der Waals surface area contributed by atoms with Crippen molar-refractivity contribution >= 4 is 56.4 Å². The van der Waals surface area contributed by atoms with Crippen LogP contribution in [0.25, 0.3) is 0 Å². The fourth-order valence-electron chi connectivity index (χ4n) is 3.90. The van der Waals surface area contributed by atoms with Crippen LogP contribution in [0.3, 0.4) is 0 Å². The number of morpholine rings is 1. The van der Waals surface area contributed by atoms with Crippen molar-refractivity contribution in [3.63, 3.8) is 0 Å². The average Bonchev–Trinajstić information content (AvgIpc) is 3.25. The first-order valence-electron chi connectivity index (χ1n) is 9.63. The molecule has 2 aliphatic rings. The topological polar surface area (TPSA) is 79.0 Å². The number of carbonyl (C=O) groups excluding carboxylic acids is 3. The Labute approximate surface area is 187 Å². The maximum absolute atomic E-state index is 12.8. The molecule has 2 aromatic rings. The summed E-state index contributed by atoms with van der Waals surface area (Å²) in [7, 11) is 0. The molecule has 30 heavy (non-hydrogen) atoms. The molecule has 2 saturated heterocycles. The van der Waals surface area contributed by atoms with Gasteiger partial charge in [-0.25, -0.2) is 0 Å². The summed E-state index contributed by atoms with van der Waals surface area (Å²) in [5.41, 5.74) is 1.85. The van der Waals surface area contributed by atoms with Crippen LogP contribution in [-0.2, 0) is 14.3 Å². The number of nitrogens with one attached hydrogen (secondary N) is 1. The van der Waals surface area contributed by atoms with Gasteiger partial charge in [0.2, 0.25) is 5.91 Å². The number of benzene rings is 1. The molecule has 158 valence electrons. The van der Waals surface area contributed by atoms with Crippen LogP contribution in [0.15, 0.2) is 34.1 Å². The van der Waals surface area contributed by atoms with Crippen LogP contribution in [0, 0.1) is 6.92 Å². The van der Waals surface area contributed by atoms with Gasteiger partial charge < -0.3 is 19.9 Å². The smallest absolute Gasteiger partial charge is 0.261 e. The molecule has 3 amide bonds. The molecule has 7 nitrogen and oxygen atoms in total. The number of carbonyl (C=O) groups is 3. The monoisotopic (exact) mass is 491 g/mol. The highest BCUT2D eigenvalue weighted by Crippen LogP contribution is 2.32. The van der Waals surface area contributed by atoms with Crippen LogP contribution in [0.1, 0.15) is 28.6 Å². The molecule has 0 aliphatic carbocycles. The van der Waals surface area contributed by atoms with Crippen LogP contribution in [0.2, 0.25) is 0 Å². The maximum Gasteiger partial charge on any atom is 0.261 e. The van der Waals surface area contributed by atoms with E-state index in [9.17, 15) is 14.4 Å². The highest BCUT2D eigenvalue weighted by Gasteiger charge is 2.41. The summed E-state index contributed by atoms with van der Waals surface area (Å²) in [5.74, 6) is -0.287. The molecule has 3 heterocycles. The second-order valence-corrected chi connectivity index (χ2v) is 10.3. The van der Waals surface area contributed by atoms with Gasteiger partial charge in [-0.2, -0.15) is 0 Å². The lowest BCUT2D eigenvalue weighted by molar-refractivity contribution is -0.125. The van der Waals surface area contributed by atoms with Gasteiger partial charge in [0.15, 0.2) is 0 Å². The molecular weight excluding hydrogens is 470 g/mol. The quantitative estimate of drug-likeness (QED) is 0.712. The molecule has 1 atom stereocenters. The van der Waals surface area contributed by atoms with Crippen molar-refractivity contribution < 1.29 is 19.1 Å². The van der Waals surface area contributed by atoms with E-state index in [1.807, 2.05) is 38.1 Å². The molecule has 2 fully saturated rings. The van der Waals surface area contributed by atoms with Crippen molar-refractivity contribution in [1.29, 1.82) is 0 Å². The fraction of sp³-hybridized carbons (Fsp3) is 0.381. The normalized spacial score (nSPS) is 22.0. The van der Waals surface area contributed by atoms with Crippen molar-refractivity contribution in [2.45, 2.75) is 25.8 Å². The van der Waals surface area contributed by atoms with Crippen molar-refractivity contribution in [3.8, 4) is 0 Å². The molecule has 0 bridgehead atoms. The first-order valence-corrected chi connectivity index (χ1v) is 11.2. The van der Waals surface area contributed by atoms with E-state index < -0.39 is 5.54 Å². The van der Waals surface area contributed by atoms with Gasteiger partial charge >= 0.3 is 0 Å². The molecule has 9 heteroatoms. The predicted octanol–water partition coefficient (Wildman–Crippen LogP) is 3.11. The third-order valence-corrected chi connectivity index (χ3v) is 6.95. The van der Waals surface area contributed by atoms with E-state index in [2.05, 4.69) is 21.2 Å². The first-order chi connectivity index (χ1) is 14.3. The Hall–Kier alpha value is -2.23. The highest BCUT2D eigenvalue weighted by atomic mass is 79.9. The number of rotatable bonds is 4. The SMILES string of the molecule is Cc1cc(N2CC(C)(NC(=O)c3ccc(Br)s3)CC2=O)ccc1N1CCOCC1=O. The summed E-state index contributed by atoms with van der Waals surface area (Å²) < 4.78 is 6.09. The number of thiophene rings is 1. The molecule has 0 saturated carbocycles. The number of anilines is 2. The summed E-state index contributed by atoms with van der Waals surface area (Å²) in [5, 5.41) is 3.02. The number of amides is 3. The standard InChI is InChI=1S/C21H22BrN3O4S/c1-13-9-14(3-4-15(13)24-7-8-29-11-19(24)27)25-12-21(2,10-18(25)26)23-20(28)16-5-6-17(22)30-16/h3-6,9H,7-8,10-12H2,1-2H3,(H,23,28). The minimum Gasteiger partial charge on any atom is -0.370 e. The Morgan fingerprint density at radius 1 is 1.20 bits per heavy atom. The largest absolute Gasteiger partial charge is 0.370 e. The number of hydrogen-bond donors (Lipinski definition) is 1. The number of aryl methyl sites for hydroxylation is 1. The van der Waals surface area contributed by atoms with Crippen molar-refractivity contribution in [2.24, 2.45) is 0 Å². The van der Waals surface area contributed by atoms with E-state index in [1.54, 1.807) is 15.9 Å². The number of nitrogens with zero attached hydrogens (tertiary/aromatic N) is 2. The zero-order valence-corrected chi connectivity index (χ0v) is 19.1. The van der Waals surface area contributed by atoms with E-state index >= 15 is 0 Å². The van der Waals surface area contributed by atoms with E-state index in [0.717, 1.165) is 20.7 Å². The first kappa shape index (κ1) is 21.0. The third-order valence-electron chi connectivity index (χ3n) is 5.33. The summed E-state index contributed by atoms with van der Waals surface area (Å²) in [6.45, 7) is 5.32. The lowest BCUT2D eigenvalue weighted by Crippen LogP contribution is -2.47. The van der Waals surface area contributed by atoms with Gasteiger partial charge in [0.05, 0.1) is 27.2 Å². The van der Waals surface area contributed by atoms with Gasteiger partial charge in [0.1, 0.15) is 6.61 Å². The van der Waals surface area contributed by atoms with Crippen LogP contribution in [-0.4, -0.2) is 49.6 Å². The van der Waals surface area contributed by atoms with E-state index in [0.29, 0.717) is 24.6 Å². The Kier molecular flexibility index (Phi) is 5.69. The second kappa shape index (κ2) is 8.13. The zero-order valence-electron chi connectivity index (χ0n) is 16.7. The molecular formula is C21H22BrN3O4S. The van der Waals surface area contributed by atoms with E-state index in [-0.39, 0.29) is 30.7 Å². The summed E-state index contributed by atoms with van der Waals surface area (Å²) in [6.07, 6.45) is 0.230. The summed E-state index contributed by atoms with van der Waals surface area (Å²) in [4.78, 5) is 41.5. The van der Waals surface area contributed by atoms with Gasteiger partial charge in [0, 0.05) is 24.5 Å². The lowest BCUT2D eigenvalue weighted by Gasteiger charge is -2.29. The molecule has 1 aromatic heterocycles. The second-order valence-electron chi connectivity index (χ2n) is 7.84. The Morgan fingerprint density at radius 2 is 2.00 bits per heavy atom. The molecule has 2 aliphatic heterocycles. The van der Waals surface area contributed by atoms with Gasteiger partial charge in [-0.1, -0.05) is 0 Å². The fourth-order valence-corrected chi connectivity index (χ4v) is 5.18. The Balaban J connectivity index is 1.50. The van der Waals surface area contributed by atoms with Crippen molar-refractivity contribution in [2.75, 3.05) is 36.1 Å². The molecule has 4 rings (SSSR count). The lowest BCUT2D eigenvalue weighted by atomic mass is 10.0. The van der Waals surface area contributed by atoms with Crippen LogP contribution >= 0.6 is 27.3 Å². The Bertz CT molecular complexity index is 1020. The van der Waals surface area contributed by atoms with Gasteiger partial charge in [-0.15, -0.1) is 11.3 Å². The third kappa shape index (κ3) is 4.14. The van der Waals surface area contributed by atoms with E-state index in [1.165, 1.54) is 11.3 Å². The molecule has 0 spiro atoms. The number of halogens is 1. The molecule has 0 radical (unpaired) electrons. The summed E-state index contributed by atoms with van der Waals surface area (Å²) >= 11 is 4.72.